The van der Waals surface area contributed by atoms with E-state index in [1.807, 2.05) is 25.3 Å². The smallest absolute Gasteiger partial charge is 0.274 e. The highest BCUT2D eigenvalue weighted by atomic mass is 16.5. The maximum Gasteiger partial charge on any atom is 0.274 e. The van der Waals surface area contributed by atoms with Gasteiger partial charge in [-0.3, -0.25) is 9.78 Å². The molecule has 0 amide bonds. The van der Waals surface area contributed by atoms with Crippen molar-refractivity contribution >= 4 is 17.2 Å². The van der Waals surface area contributed by atoms with Gasteiger partial charge >= 0.3 is 0 Å². The lowest BCUT2D eigenvalue weighted by Crippen LogP contribution is -2.39. The van der Waals surface area contributed by atoms with Crippen molar-refractivity contribution in [3.8, 4) is 0 Å². The SMILES string of the molecule is Cc1cc2nccc(=O)n2nc1N1CCc2ncc(N3CCO[C@H](c4ccccc4)C3)cc2C1. The lowest BCUT2D eigenvalue weighted by atomic mass is 10.0. The van der Waals surface area contributed by atoms with Crippen LogP contribution in [-0.4, -0.2) is 45.8 Å². The van der Waals surface area contributed by atoms with Gasteiger partial charge in [-0.15, -0.1) is 5.10 Å². The molecule has 0 unspecified atom stereocenters. The number of morpholine rings is 1. The summed E-state index contributed by atoms with van der Waals surface area (Å²) >= 11 is 0. The third-order valence-electron chi connectivity index (χ3n) is 6.67. The Balaban J connectivity index is 1.27. The molecular formula is C26H26N6O2. The van der Waals surface area contributed by atoms with Crippen molar-refractivity contribution in [2.45, 2.75) is 26.0 Å². The molecule has 0 bridgehead atoms. The minimum atomic E-state index is -0.173. The average Bonchev–Trinajstić information content (AvgIpc) is 2.88. The highest BCUT2D eigenvalue weighted by molar-refractivity contribution is 5.55. The second-order valence-electron chi connectivity index (χ2n) is 8.89. The van der Waals surface area contributed by atoms with E-state index in [9.17, 15) is 4.79 Å². The van der Waals surface area contributed by atoms with Gasteiger partial charge in [0.2, 0.25) is 0 Å². The fraction of sp³-hybridized carbons (Fsp3) is 0.308. The molecule has 8 nitrogen and oxygen atoms in total. The number of fused-ring (bicyclic) bond motifs is 2. The van der Waals surface area contributed by atoms with Gasteiger partial charge < -0.3 is 14.5 Å². The quantitative estimate of drug-likeness (QED) is 0.471. The number of rotatable bonds is 3. The molecule has 2 aliphatic rings. The van der Waals surface area contributed by atoms with Gasteiger partial charge in [0.15, 0.2) is 11.5 Å². The molecule has 1 saturated heterocycles. The van der Waals surface area contributed by atoms with E-state index in [-0.39, 0.29) is 11.7 Å². The van der Waals surface area contributed by atoms with Gasteiger partial charge in [-0.25, -0.2) is 4.98 Å². The molecule has 4 aromatic rings. The first-order chi connectivity index (χ1) is 16.7. The van der Waals surface area contributed by atoms with Crippen molar-refractivity contribution in [2.75, 3.05) is 36.0 Å². The van der Waals surface area contributed by atoms with E-state index >= 15 is 0 Å². The van der Waals surface area contributed by atoms with Crippen LogP contribution in [0.25, 0.3) is 5.65 Å². The minimum Gasteiger partial charge on any atom is -0.370 e. The molecule has 0 spiro atoms. The summed E-state index contributed by atoms with van der Waals surface area (Å²) in [4.78, 5) is 26.0. The number of aromatic nitrogens is 4. The molecule has 172 valence electrons. The Hall–Kier alpha value is -3.78. The zero-order chi connectivity index (χ0) is 23.1. The number of anilines is 2. The van der Waals surface area contributed by atoms with Gasteiger partial charge in [-0.2, -0.15) is 4.52 Å². The topological polar surface area (TPSA) is 75.9 Å². The van der Waals surface area contributed by atoms with E-state index in [0.29, 0.717) is 18.8 Å². The third kappa shape index (κ3) is 3.80. The molecule has 2 aliphatic heterocycles. The highest BCUT2D eigenvalue weighted by Gasteiger charge is 2.25. The molecule has 3 aromatic heterocycles. The summed E-state index contributed by atoms with van der Waals surface area (Å²) in [5.41, 5.74) is 6.05. The Labute approximate surface area is 197 Å². The summed E-state index contributed by atoms with van der Waals surface area (Å²) in [6.07, 6.45) is 4.41. The summed E-state index contributed by atoms with van der Waals surface area (Å²) in [7, 11) is 0. The number of aryl methyl sites for hydroxylation is 1. The van der Waals surface area contributed by atoms with Gasteiger partial charge in [-0.1, -0.05) is 30.3 Å². The first-order valence-electron chi connectivity index (χ1n) is 11.7. The molecule has 1 atom stereocenters. The lowest BCUT2D eigenvalue weighted by Gasteiger charge is -2.36. The Morgan fingerprint density at radius 2 is 1.91 bits per heavy atom. The first kappa shape index (κ1) is 20.8. The predicted octanol–water partition coefficient (Wildman–Crippen LogP) is 2.93. The number of hydrogen-bond donors (Lipinski definition) is 0. The van der Waals surface area contributed by atoms with Crippen LogP contribution in [0.1, 0.15) is 28.5 Å². The largest absolute Gasteiger partial charge is 0.370 e. The summed E-state index contributed by atoms with van der Waals surface area (Å²) < 4.78 is 7.43. The maximum atomic E-state index is 12.3. The molecular weight excluding hydrogens is 428 g/mol. The zero-order valence-electron chi connectivity index (χ0n) is 19.1. The molecule has 8 heteroatoms. The van der Waals surface area contributed by atoms with Crippen LogP contribution in [0, 0.1) is 6.92 Å². The molecule has 1 fully saturated rings. The first-order valence-corrected chi connectivity index (χ1v) is 11.7. The van der Waals surface area contributed by atoms with Crippen LogP contribution in [0.15, 0.2) is 65.7 Å². The predicted molar refractivity (Wildman–Crippen MR) is 130 cm³/mol. The Morgan fingerprint density at radius 3 is 2.79 bits per heavy atom. The number of hydrogen-bond acceptors (Lipinski definition) is 7. The van der Waals surface area contributed by atoms with Crippen LogP contribution in [-0.2, 0) is 17.7 Å². The van der Waals surface area contributed by atoms with E-state index in [1.165, 1.54) is 27.9 Å². The van der Waals surface area contributed by atoms with Crippen LogP contribution >= 0.6 is 0 Å². The molecule has 34 heavy (non-hydrogen) atoms. The normalized spacial score (nSPS) is 18.2. The zero-order valence-corrected chi connectivity index (χ0v) is 19.1. The Bertz CT molecular complexity index is 1400. The third-order valence-corrected chi connectivity index (χ3v) is 6.67. The molecule has 0 saturated carbocycles. The summed E-state index contributed by atoms with van der Waals surface area (Å²) in [5.74, 6) is 0.814. The van der Waals surface area contributed by atoms with Crippen LogP contribution in [0.4, 0.5) is 11.5 Å². The van der Waals surface area contributed by atoms with Crippen molar-refractivity contribution in [3.05, 3.63) is 93.7 Å². The molecule has 5 heterocycles. The van der Waals surface area contributed by atoms with E-state index in [1.54, 1.807) is 0 Å². The van der Waals surface area contributed by atoms with Crippen molar-refractivity contribution in [3.63, 3.8) is 0 Å². The summed E-state index contributed by atoms with van der Waals surface area (Å²) in [6, 6.07) is 16.0. The van der Waals surface area contributed by atoms with Gasteiger partial charge in [-0.05, 0) is 35.7 Å². The van der Waals surface area contributed by atoms with Gasteiger partial charge in [0.25, 0.3) is 5.56 Å². The van der Waals surface area contributed by atoms with E-state index in [2.05, 4.69) is 50.2 Å². The van der Waals surface area contributed by atoms with E-state index in [4.69, 9.17) is 9.72 Å². The lowest BCUT2D eigenvalue weighted by molar-refractivity contribution is 0.0398. The Morgan fingerprint density at radius 1 is 1.03 bits per heavy atom. The second-order valence-corrected chi connectivity index (χ2v) is 8.89. The number of nitrogens with zero attached hydrogens (tertiary/aromatic N) is 6. The van der Waals surface area contributed by atoms with Crippen LogP contribution < -0.4 is 15.4 Å². The van der Waals surface area contributed by atoms with Crippen LogP contribution in [0.2, 0.25) is 0 Å². The number of ether oxygens (including phenoxy) is 1. The molecule has 0 radical (unpaired) electrons. The van der Waals surface area contributed by atoms with Gasteiger partial charge in [0.1, 0.15) is 6.10 Å². The summed E-state index contributed by atoms with van der Waals surface area (Å²) in [6.45, 7) is 5.86. The van der Waals surface area contributed by atoms with Gasteiger partial charge in [0.05, 0.1) is 18.5 Å². The summed E-state index contributed by atoms with van der Waals surface area (Å²) in [5, 5.41) is 4.65. The Kier molecular flexibility index (Phi) is 5.22. The van der Waals surface area contributed by atoms with Crippen molar-refractivity contribution in [1.82, 2.24) is 19.6 Å². The van der Waals surface area contributed by atoms with Crippen molar-refractivity contribution < 1.29 is 4.74 Å². The fourth-order valence-corrected chi connectivity index (χ4v) is 4.88. The molecule has 6 rings (SSSR count). The molecule has 0 aliphatic carbocycles. The standard InChI is InChI=1S/C26H26N6O2/c1-18-13-24-27-9-7-25(33)32(24)29-26(18)31-10-8-22-20(16-31)14-21(15-28-22)30-11-12-34-23(17-30)19-5-3-2-4-6-19/h2-7,9,13-15,23H,8,10-12,16-17H2,1H3/t23-/m0/s1. The van der Waals surface area contributed by atoms with Crippen LogP contribution in [0.5, 0.6) is 0 Å². The molecule has 1 aromatic carbocycles. The van der Waals surface area contributed by atoms with E-state index < -0.39 is 0 Å². The van der Waals surface area contributed by atoms with Crippen molar-refractivity contribution in [1.29, 1.82) is 0 Å². The second kappa shape index (κ2) is 8.53. The fourth-order valence-electron chi connectivity index (χ4n) is 4.88. The van der Waals surface area contributed by atoms with Crippen molar-refractivity contribution in [2.24, 2.45) is 0 Å². The van der Waals surface area contributed by atoms with Gasteiger partial charge in [0, 0.05) is 50.6 Å². The molecule has 0 N–H and O–H groups in total. The monoisotopic (exact) mass is 454 g/mol. The highest BCUT2D eigenvalue weighted by Crippen LogP contribution is 2.30. The number of pyridine rings is 1. The number of benzene rings is 1. The average molecular weight is 455 g/mol. The minimum absolute atomic E-state index is 0.0545. The maximum absolute atomic E-state index is 12.3. The van der Waals surface area contributed by atoms with E-state index in [0.717, 1.165) is 48.8 Å². The van der Waals surface area contributed by atoms with Crippen LogP contribution in [0.3, 0.4) is 0 Å².